The molecule has 8 heteroatoms. The smallest absolute Gasteiger partial charge is 0.191 e. The lowest BCUT2D eigenvalue weighted by molar-refractivity contribution is 0.662. The normalized spacial score (nSPS) is 17.6. The van der Waals surface area contributed by atoms with Crippen molar-refractivity contribution in [1.82, 2.24) is 24.7 Å². The van der Waals surface area contributed by atoms with Gasteiger partial charge in [-0.25, -0.2) is 9.97 Å². The van der Waals surface area contributed by atoms with E-state index in [-0.39, 0.29) is 0 Å². The Morgan fingerprint density at radius 2 is 2.08 bits per heavy atom. The molecule has 0 bridgehead atoms. The van der Waals surface area contributed by atoms with Crippen molar-refractivity contribution in [2.24, 2.45) is 0 Å². The first-order valence-corrected chi connectivity index (χ1v) is 10.7. The van der Waals surface area contributed by atoms with Crippen molar-refractivity contribution >= 4 is 39.1 Å². The number of aromatic nitrogens is 5. The number of rotatable bonds is 4. The van der Waals surface area contributed by atoms with Crippen LogP contribution >= 0.6 is 23.1 Å². The van der Waals surface area contributed by atoms with Crippen molar-refractivity contribution in [3.8, 4) is 0 Å². The van der Waals surface area contributed by atoms with Crippen LogP contribution in [0.15, 0.2) is 11.5 Å². The molecule has 3 aromatic rings. The van der Waals surface area contributed by atoms with Gasteiger partial charge in [0.15, 0.2) is 5.16 Å². The van der Waals surface area contributed by atoms with Crippen molar-refractivity contribution in [1.29, 1.82) is 0 Å². The van der Waals surface area contributed by atoms with Gasteiger partial charge in [0.2, 0.25) is 0 Å². The molecule has 0 radical (unpaired) electrons. The second-order valence-corrected chi connectivity index (χ2v) is 8.84. The largest absolute Gasteiger partial charge is 0.383 e. The molecule has 25 heavy (non-hydrogen) atoms. The standard InChI is InChI=1S/C17H20N6S2/c18-15-14-11-4-2-1-3-5-12(11)25-16(14)21-13(20-15)8-24-17-22-19-9-23(17)10-6-7-10/h9-10H,1-8H2,(H2,18,20,21). The number of hydrogen-bond acceptors (Lipinski definition) is 7. The summed E-state index contributed by atoms with van der Waals surface area (Å²) in [6.45, 7) is 0. The molecule has 0 amide bonds. The van der Waals surface area contributed by atoms with E-state index in [0.29, 0.717) is 17.6 Å². The highest BCUT2D eigenvalue weighted by Gasteiger charge is 2.26. The topological polar surface area (TPSA) is 82.5 Å². The van der Waals surface area contributed by atoms with Gasteiger partial charge in [-0.2, -0.15) is 0 Å². The van der Waals surface area contributed by atoms with Crippen LogP contribution in [0.2, 0.25) is 0 Å². The van der Waals surface area contributed by atoms with Crippen molar-refractivity contribution in [3.05, 3.63) is 22.6 Å². The second kappa shape index (κ2) is 6.25. The molecule has 0 unspecified atom stereocenters. The molecule has 2 N–H and O–H groups in total. The number of nitrogens with zero attached hydrogens (tertiary/aromatic N) is 5. The number of fused-ring (bicyclic) bond motifs is 3. The number of anilines is 1. The number of hydrogen-bond donors (Lipinski definition) is 1. The number of thioether (sulfide) groups is 1. The Bertz CT molecular complexity index is 927. The van der Waals surface area contributed by atoms with Crippen molar-refractivity contribution < 1.29 is 0 Å². The summed E-state index contributed by atoms with van der Waals surface area (Å²) in [6, 6.07) is 0.582. The van der Waals surface area contributed by atoms with Crippen LogP contribution in [-0.4, -0.2) is 24.7 Å². The van der Waals surface area contributed by atoms with Gasteiger partial charge in [-0.3, -0.25) is 0 Å². The zero-order valence-corrected chi connectivity index (χ0v) is 15.6. The molecule has 3 aromatic heterocycles. The van der Waals surface area contributed by atoms with Crippen molar-refractivity contribution in [2.45, 2.75) is 61.9 Å². The fourth-order valence-corrected chi connectivity index (χ4v) is 5.67. The van der Waals surface area contributed by atoms with Crippen LogP contribution in [0, 0.1) is 0 Å². The Morgan fingerprint density at radius 3 is 2.96 bits per heavy atom. The molecule has 0 saturated heterocycles. The third-order valence-electron chi connectivity index (χ3n) is 4.95. The first kappa shape index (κ1) is 15.6. The molecule has 0 spiro atoms. The second-order valence-electron chi connectivity index (χ2n) is 6.81. The molecular formula is C17H20N6S2. The average molecular weight is 373 g/mol. The molecule has 2 aliphatic carbocycles. The van der Waals surface area contributed by atoms with E-state index in [4.69, 9.17) is 10.7 Å². The molecule has 0 aromatic carbocycles. The van der Waals surface area contributed by atoms with E-state index in [1.165, 1.54) is 42.5 Å². The van der Waals surface area contributed by atoms with Gasteiger partial charge >= 0.3 is 0 Å². The number of nitrogens with two attached hydrogens (primary N) is 1. The fraction of sp³-hybridized carbons (Fsp3) is 0.529. The van der Waals surface area contributed by atoms with E-state index in [1.54, 1.807) is 11.8 Å². The zero-order chi connectivity index (χ0) is 16.8. The predicted molar refractivity (Wildman–Crippen MR) is 101 cm³/mol. The molecule has 3 heterocycles. The van der Waals surface area contributed by atoms with Crippen LogP contribution < -0.4 is 5.73 Å². The van der Waals surface area contributed by atoms with Crippen LogP contribution in [0.4, 0.5) is 5.82 Å². The summed E-state index contributed by atoms with van der Waals surface area (Å²) in [5.41, 5.74) is 7.73. The molecule has 130 valence electrons. The molecule has 2 aliphatic rings. The van der Waals surface area contributed by atoms with Crippen LogP contribution in [0.5, 0.6) is 0 Å². The summed E-state index contributed by atoms with van der Waals surface area (Å²) in [5.74, 6) is 2.11. The quantitative estimate of drug-likeness (QED) is 0.555. The van der Waals surface area contributed by atoms with Crippen LogP contribution in [0.1, 0.15) is 54.4 Å². The highest BCUT2D eigenvalue weighted by Crippen LogP contribution is 2.39. The van der Waals surface area contributed by atoms with E-state index in [9.17, 15) is 0 Å². The Morgan fingerprint density at radius 1 is 1.20 bits per heavy atom. The minimum Gasteiger partial charge on any atom is -0.383 e. The fourth-order valence-electron chi connectivity index (χ4n) is 3.54. The average Bonchev–Trinajstić information content (AvgIpc) is 3.30. The van der Waals surface area contributed by atoms with Gasteiger partial charge in [0.05, 0.1) is 11.1 Å². The van der Waals surface area contributed by atoms with Crippen molar-refractivity contribution in [2.75, 3.05) is 5.73 Å². The highest BCUT2D eigenvalue weighted by atomic mass is 32.2. The van der Waals surface area contributed by atoms with Gasteiger partial charge < -0.3 is 10.3 Å². The van der Waals surface area contributed by atoms with Crippen molar-refractivity contribution in [3.63, 3.8) is 0 Å². The van der Waals surface area contributed by atoms with Gasteiger partial charge in [0.1, 0.15) is 22.8 Å². The van der Waals surface area contributed by atoms with Crippen LogP contribution in [-0.2, 0) is 18.6 Å². The first-order chi connectivity index (χ1) is 12.3. The minimum atomic E-state index is 0.582. The van der Waals surface area contributed by atoms with Gasteiger partial charge in [-0.15, -0.1) is 21.5 Å². The number of aryl methyl sites for hydroxylation is 2. The van der Waals surface area contributed by atoms with Gasteiger partial charge in [-0.1, -0.05) is 18.2 Å². The first-order valence-electron chi connectivity index (χ1n) is 8.88. The Kier molecular flexibility index (Phi) is 3.89. The van der Waals surface area contributed by atoms with E-state index in [0.717, 1.165) is 34.0 Å². The maximum atomic E-state index is 6.33. The lowest BCUT2D eigenvalue weighted by Crippen LogP contribution is -2.01. The molecule has 0 aliphatic heterocycles. The van der Waals surface area contributed by atoms with Crippen LogP contribution in [0.3, 0.4) is 0 Å². The molecule has 1 fully saturated rings. The summed E-state index contributed by atoms with van der Waals surface area (Å²) in [4.78, 5) is 11.9. The SMILES string of the molecule is Nc1nc(CSc2nncn2C2CC2)nc2sc3c(c12)CCCCC3. The number of nitrogen functional groups attached to an aromatic ring is 1. The van der Waals surface area contributed by atoms with Gasteiger partial charge in [-0.05, 0) is 44.1 Å². The lowest BCUT2D eigenvalue weighted by Gasteiger charge is -2.05. The minimum absolute atomic E-state index is 0.582. The highest BCUT2D eigenvalue weighted by molar-refractivity contribution is 7.98. The molecule has 6 nitrogen and oxygen atoms in total. The summed E-state index contributed by atoms with van der Waals surface area (Å²) in [6.07, 6.45) is 10.4. The molecular weight excluding hydrogens is 352 g/mol. The Balaban J connectivity index is 1.43. The Hall–Kier alpha value is -1.67. The van der Waals surface area contributed by atoms with Gasteiger partial charge in [0, 0.05) is 10.9 Å². The maximum Gasteiger partial charge on any atom is 0.191 e. The summed E-state index contributed by atoms with van der Waals surface area (Å²) < 4.78 is 2.17. The summed E-state index contributed by atoms with van der Waals surface area (Å²) in [7, 11) is 0. The molecule has 1 saturated carbocycles. The number of thiophene rings is 1. The zero-order valence-electron chi connectivity index (χ0n) is 13.9. The molecule has 5 rings (SSSR count). The lowest BCUT2D eigenvalue weighted by atomic mass is 10.1. The summed E-state index contributed by atoms with van der Waals surface area (Å²) >= 11 is 3.45. The predicted octanol–water partition coefficient (Wildman–Crippen LogP) is 3.76. The third kappa shape index (κ3) is 2.91. The van der Waals surface area contributed by atoms with E-state index in [1.807, 2.05) is 17.7 Å². The monoisotopic (exact) mass is 372 g/mol. The van der Waals surface area contributed by atoms with E-state index in [2.05, 4.69) is 19.7 Å². The summed E-state index contributed by atoms with van der Waals surface area (Å²) in [5, 5.41) is 10.3. The van der Waals surface area contributed by atoms with Crippen LogP contribution in [0.25, 0.3) is 10.2 Å². The third-order valence-corrected chi connectivity index (χ3v) is 7.09. The Labute approximate surface area is 154 Å². The van der Waals surface area contributed by atoms with E-state index >= 15 is 0 Å². The van der Waals surface area contributed by atoms with E-state index < -0.39 is 0 Å². The van der Waals surface area contributed by atoms with Gasteiger partial charge in [0.25, 0.3) is 0 Å². The molecule has 0 atom stereocenters. The maximum absolute atomic E-state index is 6.33.